The van der Waals surface area contributed by atoms with Gasteiger partial charge < -0.3 is 25.7 Å². The van der Waals surface area contributed by atoms with E-state index < -0.39 is 5.97 Å². The Bertz CT molecular complexity index is 714. The van der Waals surface area contributed by atoms with Crippen LogP contribution in [0.25, 0.3) is 0 Å². The van der Waals surface area contributed by atoms with Crippen LogP contribution < -0.4 is 20.9 Å². The van der Waals surface area contributed by atoms with Crippen molar-refractivity contribution >= 4 is 49.2 Å². The Morgan fingerprint density at radius 1 is 1.04 bits per heavy atom. The van der Waals surface area contributed by atoms with Crippen LogP contribution in [0.5, 0.6) is 17.2 Å². The molecule has 2 aromatic rings. The Balaban J connectivity index is 2.19. The Labute approximate surface area is 150 Å². The first-order chi connectivity index (χ1) is 10.9. The summed E-state index contributed by atoms with van der Waals surface area (Å²) in [4.78, 5) is 11.1. The average Bonchev–Trinajstić information content (AvgIpc) is 2.51. The second kappa shape index (κ2) is 7.56. The molecule has 8 heteroatoms. The Morgan fingerprint density at radius 3 is 2.26 bits per heavy atom. The summed E-state index contributed by atoms with van der Waals surface area (Å²) in [6.45, 7) is -0.177. The number of nitrogen functional groups attached to an aromatic ring is 2. The normalized spacial score (nSPS) is 10.2. The van der Waals surface area contributed by atoms with E-state index in [0.29, 0.717) is 37.6 Å². The first kappa shape index (κ1) is 17.4. The molecule has 0 atom stereocenters. The minimum Gasteiger partial charge on any atom is -0.482 e. The molecule has 0 aromatic heterocycles. The fraction of sp³-hybridized carbons (Fsp3) is 0.133. The first-order valence-corrected chi connectivity index (χ1v) is 8.01. The van der Waals surface area contributed by atoms with Gasteiger partial charge in [-0.2, -0.15) is 0 Å². The third kappa shape index (κ3) is 4.52. The number of nitrogens with two attached hydrogens (primary N) is 2. The van der Waals surface area contributed by atoms with Crippen molar-refractivity contribution in [3.05, 3.63) is 39.3 Å². The molecule has 0 bridgehead atoms. The van der Waals surface area contributed by atoms with Crippen LogP contribution in [0.2, 0.25) is 0 Å². The van der Waals surface area contributed by atoms with Gasteiger partial charge in [-0.3, -0.25) is 0 Å². The standard InChI is InChI=1S/C15H14Br2N2O4/c1-21-14(20)7-22-9-4-10(16)15(11(17)5-9)23-8-2-3-12(18)13(19)6-8/h2-6H,7,18-19H2,1H3. The third-order valence-corrected chi connectivity index (χ3v) is 4.01. The monoisotopic (exact) mass is 444 g/mol. The zero-order valence-electron chi connectivity index (χ0n) is 12.1. The van der Waals surface area contributed by atoms with Gasteiger partial charge in [-0.1, -0.05) is 0 Å². The fourth-order valence-corrected chi connectivity index (χ4v) is 2.96. The first-order valence-electron chi connectivity index (χ1n) is 6.42. The van der Waals surface area contributed by atoms with Crippen molar-refractivity contribution < 1.29 is 19.0 Å². The van der Waals surface area contributed by atoms with Gasteiger partial charge in [0.15, 0.2) is 12.4 Å². The van der Waals surface area contributed by atoms with Gasteiger partial charge >= 0.3 is 5.97 Å². The van der Waals surface area contributed by atoms with Crippen molar-refractivity contribution in [3.8, 4) is 17.2 Å². The molecule has 0 spiro atoms. The SMILES string of the molecule is COC(=O)COc1cc(Br)c(Oc2ccc(N)c(N)c2)c(Br)c1. The van der Waals surface area contributed by atoms with E-state index in [4.69, 9.17) is 20.9 Å². The highest BCUT2D eigenvalue weighted by atomic mass is 79.9. The number of hydrogen-bond donors (Lipinski definition) is 2. The van der Waals surface area contributed by atoms with Crippen LogP contribution in [-0.2, 0) is 9.53 Å². The van der Waals surface area contributed by atoms with Crippen molar-refractivity contribution in [3.63, 3.8) is 0 Å². The summed E-state index contributed by atoms with van der Waals surface area (Å²) in [5, 5.41) is 0. The summed E-state index contributed by atoms with van der Waals surface area (Å²) in [7, 11) is 1.30. The lowest BCUT2D eigenvalue weighted by atomic mass is 10.2. The molecule has 0 aliphatic heterocycles. The van der Waals surface area contributed by atoms with Crippen LogP contribution in [0.4, 0.5) is 11.4 Å². The van der Waals surface area contributed by atoms with Gasteiger partial charge in [0, 0.05) is 6.07 Å². The van der Waals surface area contributed by atoms with Crippen molar-refractivity contribution in [1.82, 2.24) is 0 Å². The van der Waals surface area contributed by atoms with E-state index in [0.717, 1.165) is 0 Å². The van der Waals surface area contributed by atoms with E-state index >= 15 is 0 Å². The molecule has 0 saturated heterocycles. The topological polar surface area (TPSA) is 96.8 Å². The predicted molar refractivity (Wildman–Crippen MR) is 94.7 cm³/mol. The smallest absolute Gasteiger partial charge is 0.343 e. The predicted octanol–water partition coefficient (Wildman–Crippen LogP) is 3.72. The number of carbonyl (C=O) groups is 1. The van der Waals surface area contributed by atoms with E-state index in [9.17, 15) is 4.79 Å². The van der Waals surface area contributed by atoms with Crippen molar-refractivity contribution in [2.75, 3.05) is 25.2 Å². The highest BCUT2D eigenvalue weighted by Gasteiger charge is 2.12. The summed E-state index contributed by atoms with van der Waals surface area (Å²) in [5.74, 6) is 1.11. The average molecular weight is 446 g/mol. The molecule has 2 rings (SSSR count). The van der Waals surface area contributed by atoms with Gasteiger partial charge in [0.2, 0.25) is 0 Å². The maximum atomic E-state index is 11.1. The summed E-state index contributed by atoms with van der Waals surface area (Å²) in [5.41, 5.74) is 12.4. The molecule has 2 aromatic carbocycles. The van der Waals surface area contributed by atoms with Gasteiger partial charge in [-0.15, -0.1) is 0 Å². The van der Waals surface area contributed by atoms with E-state index in [1.54, 1.807) is 30.3 Å². The summed E-state index contributed by atoms with van der Waals surface area (Å²) in [6, 6.07) is 8.38. The van der Waals surface area contributed by atoms with Crippen molar-refractivity contribution in [2.45, 2.75) is 0 Å². The Hall–Kier alpha value is -1.93. The minimum absolute atomic E-state index is 0.177. The van der Waals surface area contributed by atoms with Crippen molar-refractivity contribution in [1.29, 1.82) is 0 Å². The van der Waals surface area contributed by atoms with Crippen LogP contribution in [0, 0.1) is 0 Å². The second-order valence-corrected chi connectivity index (χ2v) is 6.18. The van der Waals surface area contributed by atoms with Gasteiger partial charge in [-0.05, 0) is 56.1 Å². The minimum atomic E-state index is -0.463. The molecule has 0 unspecified atom stereocenters. The van der Waals surface area contributed by atoms with E-state index in [-0.39, 0.29) is 6.61 Å². The maximum Gasteiger partial charge on any atom is 0.343 e. The largest absolute Gasteiger partial charge is 0.482 e. The van der Waals surface area contributed by atoms with Gasteiger partial charge in [0.25, 0.3) is 0 Å². The lowest BCUT2D eigenvalue weighted by Crippen LogP contribution is -2.12. The lowest BCUT2D eigenvalue weighted by Gasteiger charge is -2.13. The van der Waals surface area contributed by atoms with E-state index in [2.05, 4.69) is 36.6 Å². The molecule has 0 aliphatic rings. The molecule has 4 N–H and O–H groups in total. The van der Waals surface area contributed by atoms with Crippen LogP contribution in [0.3, 0.4) is 0 Å². The van der Waals surface area contributed by atoms with E-state index in [1.165, 1.54) is 7.11 Å². The number of hydrogen-bond acceptors (Lipinski definition) is 6. The molecule has 0 aliphatic carbocycles. The van der Waals surface area contributed by atoms with Crippen LogP contribution in [-0.4, -0.2) is 19.7 Å². The number of rotatable bonds is 5. The number of halogens is 2. The summed E-state index contributed by atoms with van der Waals surface area (Å²) in [6.07, 6.45) is 0. The van der Waals surface area contributed by atoms with Crippen molar-refractivity contribution in [2.24, 2.45) is 0 Å². The zero-order chi connectivity index (χ0) is 17.0. The summed E-state index contributed by atoms with van der Waals surface area (Å²) >= 11 is 6.81. The highest BCUT2D eigenvalue weighted by molar-refractivity contribution is 9.11. The molecule has 0 saturated carbocycles. The quantitative estimate of drug-likeness (QED) is 0.537. The summed E-state index contributed by atoms with van der Waals surface area (Å²) < 4.78 is 16.9. The number of anilines is 2. The molecule has 0 fully saturated rings. The number of ether oxygens (including phenoxy) is 3. The number of carbonyl (C=O) groups excluding carboxylic acids is 1. The van der Waals surface area contributed by atoms with Gasteiger partial charge in [0.05, 0.1) is 27.4 Å². The molecular formula is C15H14Br2N2O4. The van der Waals surface area contributed by atoms with E-state index in [1.807, 2.05) is 0 Å². The molecule has 0 heterocycles. The van der Waals surface area contributed by atoms with Gasteiger partial charge in [0.1, 0.15) is 11.5 Å². The Morgan fingerprint density at radius 2 is 1.70 bits per heavy atom. The van der Waals surface area contributed by atoms with Crippen LogP contribution in [0.15, 0.2) is 39.3 Å². The lowest BCUT2D eigenvalue weighted by molar-refractivity contribution is -0.142. The van der Waals surface area contributed by atoms with Gasteiger partial charge in [-0.25, -0.2) is 4.79 Å². The molecule has 122 valence electrons. The number of benzene rings is 2. The molecule has 0 amide bonds. The van der Waals surface area contributed by atoms with Crippen LogP contribution in [0.1, 0.15) is 0 Å². The Kier molecular flexibility index (Phi) is 5.73. The maximum absolute atomic E-state index is 11.1. The molecule has 0 radical (unpaired) electrons. The third-order valence-electron chi connectivity index (χ3n) is 2.83. The highest BCUT2D eigenvalue weighted by Crippen LogP contribution is 2.40. The molecule has 6 nitrogen and oxygen atoms in total. The molecular weight excluding hydrogens is 432 g/mol. The zero-order valence-corrected chi connectivity index (χ0v) is 15.3. The van der Waals surface area contributed by atoms with Crippen LogP contribution >= 0.6 is 31.9 Å². The fourth-order valence-electron chi connectivity index (χ4n) is 1.65. The second-order valence-electron chi connectivity index (χ2n) is 4.47. The molecule has 23 heavy (non-hydrogen) atoms. The number of esters is 1. The number of methoxy groups -OCH3 is 1.